The molecule has 0 aromatic carbocycles. The molecular weight excluding hydrogens is 216 g/mol. The third-order valence-electron chi connectivity index (χ3n) is 3.51. The van der Waals surface area contributed by atoms with E-state index in [-0.39, 0.29) is 18.6 Å². The van der Waals surface area contributed by atoms with Crippen LogP contribution in [0.1, 0.15) is 36.2 Å². The second-order valence-electron chi connectivity index (χ2n) is 4.66. The maximum absolute atomic E-state index is 12.4. The summed E-state index contributed by atoms with van der Waals surface area (Å²) in [6, 6.07) is 3.95. The number of aliphatic hydroxyl groups is 1. The first-order valence-electron chi connectivity index (χ1n) is 6.27. The number of aromatic nitrogens is 1. The third-order valence-corrected chi connectivity index (χ3v) is 3.51. The lowest BCUT2D eigenvalue weighted by Crippen LogP contribution is -2.44. The van der Waals surface area contributed by atoms with Crippen LogP contribution in [-0.2, 0) is 7.05 Å². The molecule has 1 amide bonds. The van der Waals surface area contributed by atoms with Crippen molar-refractivity contribution >= 4 is 5.91 Å². The number of carbonyl (C=O) groups excluding carboxylic acids is 1. The molecule has 1 aliphatic heterocycles. The molecule has 1 fully saturated rings. The molecule has 0 bridgehead atoms. The van der Waals surface area contributed by atoms with E-state index in [0.29, 0.717) is 6.42 Å². The minimum Gasteiger partial charge on any atom is -0.396 e. The van der Waals surface area contributed by atoms with Crippen LogP contribution in [0.2, 0.25) is 0 Å². The molecule has 1 aromatic rings. The number of aryl methyl sites for hydroxylation is 1. The Hall–Kier alpha value is -1.29. The highest BCUT2D eigenvalue weighted by Crippen LogP contribution is 2.21. The van der Waals surface area contributed by atoms with Crippen molar-refractivity contribution in [3.05, 3.63) is 24.0 Å². The van der Waals surface area contributed by atoms with Crippen molar-refractivity contribution in [3.63, 3.8) is 0 Å². The van der Waals surface area contributed by atoms with Gasteiger partial charge in [-0.25, -0.2) is 0 Å². The summed E-state index contributed by atoms with van der Waals surface area (Å²) >= 11 is 0. The first-order valence-corrected chi connectivity index (χ1v) is 6.27. The molecule has 1 aromatic heterocycles. The SMILES string of the molecule is Cn1cccc1C(=O)N1CCCC[C@@H]1CCO. The molecule has 1 saturated heterocycles. The normalized spacial score (nSPS) is 20.6. The van der Waals surface area contributed by atoms with Crippen LogP contribution in [0.4, 0.5) is 0 Å². The van der Waals surface area contributed by atoms with E-state index < -0.39 is 0 Å². The fourth-order valence-corrected chi connectivity index (χ4v) is 2.55. The van der Waals surface area contributed by atoms with Gasteiger partial charge < -0.3 is 14.6 Å². The number of aliphatic hydroxyl groups excluding tert-OH is 1. The van der Waals surface area contributed by atoms with E-state index >= 15 is 0 Å². The van der Waals surface area contributed by atoms with Gasteiger partial charge in [0.05, 0.1) is 0 Å². The second-order valence-corrected chi connectivity index (χ2v) is 4.66. The van der Waals surface area contributed by atoms with Crippen LogP contribution < -0.4 is 0 Å². The van der Waals surface area contributed by atoms with E-state index in [1.807, 2.05) is 34.8 Å². The molecule has 2 heterocycles. The van der Waals surface area contributed by atoms with Gasteiger partial charge >= 0.3 is 0 Å². The molecular formula is C13H20N2O2. The van der Waals surface area contributed by atoms with Gasteiger partial charge in [-0.1, -0.05) is 0 Å². The second kappa shape index (κ2) is 5.36. The Morgan fingerprint density at radius 2 is 2.35 bits per heavy atom. The molecule has 0 aliphatic carbocycles. The molecule has 4 heteroatoms. The van der Waals surface area contributed by atoms with Gasteiger partial charge in [-0.05, 0) is 37.8 Å². The van der Waals surface area contributed by atoms with Crippen molar-refractivity contribution in [1.82, 2.24) is 9.47 Å². The largest absolute Gasteiger partial charge is 0.396 e. The van der Waals surface area contributed by atoms with Gasteiger partial charge in [-0.3, -0.25) is 4.79 Å². The smallest absolute Gasteiger partial charge is 0.270 e. The summed E-state index contributed by atoms with van der Waals surface area (Å²) in [7, 11) is 1.89. The van der Waals surface area contributed by atoms with Crippen molar-refractivity contribution in [3.8, 4) is 0 Å². The summed E-state index contributed by atoms with van der Waals surface area (Å²) in [5.41, 5.74) is 0.731. The van der Waals surface area contributed by atoms with Gasteiger partial charge in [0.2, 0.25) is 0 Å². The summed E-state index contributed by atoms with van der Waals surface area (Å²) in [6.45, 7) is 0.969. The van der Waals surface area contributed by atoms with Crippen molar-refractivity contribution in [2.75, 3.05) is 13.2 Å². The molecule has 1 aliphatic rings. The summed E-state index contributed by atoms with van der Waals surface area (Å²) < 4.78 is 1.85. The maximum atomic E-state index is 12.4. The van der Waals surface area contributed by atoms with E-state index in [1.165, 1.54) is 0 Å². The minimum atomic E-state index is 0.0932. The topological polar surface area (TPSA) is 45.5 Å². The predicted octanol–water partition coefficient (Wildman–Crippen LogP) is 1.40. The zero-order valence-corrected chi connectivity index (χ0v) is 10.3. The van der Waals surface area contributed by atoms with Crippen LogP contribution in [0.25, 0.3) is 0 Å². The Kier molecular flexibility index (Phi) is 3.84. The van der Waals surface area contributed by atoms with Crippen LogP contribution in [-0.4, -0.2) is 39.7 Å². The number of nitrogens with zero attached hydrogens (tertiary/aromatic N) is 2. The molecule has 4 nitrogen and oxygen atoms in total. The molecule has 1 atom stereocenters. The van der Waals surface area contributed by atoms with Gasteiger partial charge in [0.1, 0.15) is 5.69 Å². The first-order chi connectivity index (χ1) is 8.24. The Morgan fingerprint density at radius 3 is 3.00 bits per heavy atom. The summed E-state index contributed by atoms with van der Waals surface area (Å²) in [5.74, 6) is 0.0932. The summed E-state index contributed by atoms with van der Waals surface area (Å²) in [6.07, 6.45) is 5.81. The van der Waals surface area contributed by atoms with Gasteiger partial charge in [-0.2, -0.15) is 0 Å². The number of likely N-dealkylation sites (tertiary alicyclic amines) is 1. The Balaban J connectivity index is 2.14. The van der Waals surface area contributed by atoms with Crippen molar-refractivity contribution < 1.29 is 9.90 Å². The van der Waals surface area contributed by atoms with Crippen LogP contribution in [0, 0.1) is 0 Å². The zero-order chi connectivity index (χ0) is 12.3. The number of amides is 1. The monoisotopic (exact) mass is 236 g/mol. The molecule has 0 radical (unpaired) electrons. The van der Waals surface area contributed by atoms with Crippen molar-refractivity contribution in [2.45, 2.75) is 31.7 Å². The Morgan fingerprint density at radius 1 is 1.53 bits per heavy atom. The van der Waals surface area contributed by atoms with Crippen molar-refractivity contribution in [1.29, 1.82) is 0 Å². The highest BCUT2D eigenvalue weighted by molar-refractivity contribution is 5.93. The quantitative estimate of drug-likeness (QED) is 0.862. The van der Waals surface area contributed by atoms with E-state index in [4.69, 9.17) is 5.11 Å². The predicted molar refractivity (Wildman–Crippen MR) is 65.8 cm³/mol. The number of piperidine rings is 1. The van der Waals surface area contributed by atoms with E-state index in [9.17, 15) is 4.79 Å². The van der Waals surface area contributed by atoms with Gasteiger partial charge in [0.15, 0.2) is 0 Å². The van der Waals surface area contributed by atoms with E-state index in [1.54, 1.807) is 0 Å². The standard InChI is InChI=1S/C13H20N2O2/c1-14-8-4-6-12(14)13(17)15-9-3-2-5-11(15)7-10-16/h4,6,8,11,16H,2-3,5,7,9-10H2,1H3/t11-/m1/s1. The molecule has 2 rings (SSSR count). The number of carbonyl (C=O) groups is 1. The molecule has 0 saturated carbocycles. The number of rotatable bonds is 3. The van der Waals surface area contributed by atoms with Gasteiger partial charge in [0.25, 0.3) is 5.91 Å². The lowest BCUT2D eigenvalue weighted by atomic mass is 9.99. The third kappa shape index (κ3) is 2.52. The van der Waals surface area contributed by atoms with Crippen LogP contribution >= 0.6 is 0 Å². The fraction of sp³-hybridized carbons (Fsp3) is 0.615. The lowest BCUT2D eigenvalue weighted by molar-refractivity contribution is 0.0565. The lowest BCUT2D eigenvalue weighted by Gasteiger charge is -2.35. The van der Waals surface area contributed by atoms with Crippen molar-refractivity contribution in [2.24, 2.45) is 7.05 Å². The number of hydrogen-bond donors (Lipinski definition) is 1. The highest BCUT2D eigenvalue weighted by Gasteiger charge is 2.27. The van der Waals surface area contributed by atoms with E-state index in [2.05, 4.69) is 0 Å². The molecule has 1 N–H and O–H groups in total. The van der Waals surface area contributed by atoms with Gasteiger partial charge in [-0.15, -0.1) is 0 Å². The summed E-state index contributed by atoms with van der Waals surface area (Å²) in [4.78, 5) is 14.3. The highest BCUT2D eigenvalue weighted by atomic mass is 16.3. The first kappa shape index (κ1) is 12.2. The van der Waals surface area contributed by atoms with Crippen LogP contribution in [0.3, 0.4) is 0 Å². The molecule has 0 spiro atoms. The fourth-order valence-electron chi connectivity index (χ4n) is 2.55. The average molecular weight is 236 g/mol. The van der Waals surface area contributed by atoms with E-state index in [0.717, 1.165) is 31.5 Å². The van der Waals surface area contributed by atoms with Crippen LogP contribution in [0.15, 0.2) is 18.3 Å². The molecule has 17 heavy (non-hydrogen) atoms. The average Bonchev–Trinajstić information content (AvgIpc) is 2.76. The molecule has 0 unspecified atom stereocenters. The zero-order valence-electron chi connectivity index (χ0n) is 10.3. The number of hydrogen-bond acceptors (Lipinski definition) is 2. The Bertz CT molecular complexity index is 385. The maximum Gasteiger partial charge on any atom is 0.270 e. The summed E-state index contributed by atoms with van der Waals surface area (Å²) in [5, 5.41) is 9.06. The van der Waals surface area contributed by atoms with Gasteiger partial charge in [0, 0.05) is 32.4 Å². The van der Waals surface area contributed by atoms with Crippen LogP contribution in [0.5, 0.6) is 0 Å². The molecule has 94 valence electrons. The Labute approximate surface area is 102 Å². The minimum absolute atomic E-state index is 0.0932.